The molecule has 0 saturated carbocycles. The molecule has 3 nitrogen and oxygen atoms in total. The van der Waals surface area contributed by atoms with Crippen LogP contribution in [0.5, 0.6) is 0 Å². The molecule has 0 fully saturated rings. The zero-order chi connectivity index (χ0) is 14.4. The Morgan fingerprint density at radius 3 is 3.00 bits per heavy atom. The smallest absolute Gasteiger partial charge is 0.311 e. The number of nitrogens with zero attached hydrogens (tertiary/aromatic N) is 1. The van der Waals surface area contributed by atoms with Crippen LogP contribution in [0, 0.1) is 5.82 Å². The molecule has 106 valence electrons. The number of rotatable bonds is 6. The van der Waals surface area contributed by atoms with Gasteiger partial charge in [-0.1, -0.05) is 12.1 Å². The minimum atomic E-state index is -0.272. The molecule has 2 rings (SSSR count). The number of hydrogen-bond donors (Lipinski definition) is 0. The molecule has 20 heavy (non-hydrogen) atoms. The van der Waals surface area contributed by atoms with Crippen LogP contribution in [0.2, 0.25) is 0 Å². The van der Waals surface area contributed by atoms with Crippen LogP contribution in [-0.4, -0.2) is 17.6 Å². The van der Waals surface area contributed by atoms with E-state index in [1.807, 2.05) is 5.38 Å². The van der Waals surface area contributed by atoms with Crippen molar-refractivity contribution in [2.45, 2.75) is 24.0 Å². The first-order valence-electron chi connectivity index (χ1n) is 6.15. The molecular weight excluding hydrogens is 297 g/mol. The number of thioether (sulfide) groups is 1. The second-order valence-corrected chi connectivity index (χ2v) is 5.89. The predicted octanol–water partition coefficient (Wildman–Crippen LogP) is 3.68. The van der Waals surface area contributed by atoms with Crippen molar-refractivity contribution in [3.63, 3.8) is 0 Å². The summed E-state index contributed by atoms with van der Waals surface area (Å²) in [6, 6.07) is 6.66. The number of hydrogen-bond acceptors (Lipinski definition) is 5. The summed E-state index contributed by atoms with van der Waals surface area (Å²) in [7, 11) is 0. The van der Waals surface area contributed by atoms with Crippen LogP contribution in [0.25, 0.3) is 0 Å². The molecule has 1 aromatic heterocycles. The fourth-order valence-electron chi connectivity index (χ4n) is 1.56. The number of carbonyl (C=O) groups excluding carboxylic acids is 1. The molecule has 1 aromatic carbocycles. The Morgan fingerprint density at radius 2 is 2.25 bits per heavy atom. The molecule has 0 radical (unpaired) electrons. The summed E-state index contributed by atoms with van der Waals surface area (Å²) >= 11 is 2.87. The van der Waals surface area contributed by atoms with Gasteiger partial charge < -0.3 is 4.74 Å². The third-order valence-electron chi connectivity index (χ3n) is 2.42. The van der Waals surface area contributed by atoms with E-state index < -0.39 is 0 Å². The van der Waals surface area contributed by atoms with Crippen LogP contribution in [0.1, 0.15) is 17.6 Å². The summed E-state index contributed by atoms with van der Waals surface area (Å²) in [5, 5.41) is 2.71. The van der Waals surface area contributed by atoms with E-state index in [-0.39, 0.29) is 18.2 Å². The SMILES string of the molecule is CCOC(=O)Cc1csc(CSc2ccccc2F)n1. The Morgan fingerprint density at radius 1 is 1.45 bits per heavy atom. The zero-order valence-corrected chi connectivity index (χ0v) is 12.6. The summed E-state index contributed by atoms with van der Waals surface area (Å²) in [5.74, 6) is 0.0981. The van der Waals surface area contributed by atoms with Gasteiger partial charge in [-0.2, -0.15) is 0 Å². The normalized spacial score (nSPS) is 10.5. The zero-order valence-electron chi connectivity index (χ0n) is 11.0. The molecule has 2 aromatic rings. The van der Waals surface area contributed by atoms with Gasteiger partial charge >= 0.3 is 5.97 Å². The van der Waals surface area contributed by atoms with Crippen molar-refractivity contribution in [2.24, 2.45) is 0 Å². The highest BCUT2D eigenvalue weighted by Gasteiger charge is 2.09. The molecule has 0 unspecified atom stereocenters. The first-order valence-corrected chi connectivity index (χ1v) is 8.01. The number of aromatic nitrogens is 1. The molecule has 0 saturated heterocycles. The number of thiazole rings is 1. The van der Waals surface area contributed by atoms with Gasteiger partial charge in [-0.3, -0.25) is 4.79 Å². The Labute approximate surface area is 125 Å². The van der Waals surface area contributed by atoms with E-state index in [9.17, 15) is 9.18 Å². The number of carbonyl (C=O) groups is 1. The third kappa shape index (κ3) is 4.31. The molecular formula is C14H14FNO2S2. The molecule has 0 amide bonds. The Bertz CT molecular complexity index is 586. The summed E-state index contributed by atoms with van der Waals surface area (Å²) in [6.07, 6.45) is 0.189. The largest absolute Gasteiger partial charge is 0.466 e. The van der Waals surface area contributed by atoms with Crippen molar-refractivity contribution in [1.29, 1.82) is 0 Å². The maximum absolute atomic E-state index is 13.5. The van der Waals surface area contributed by atoms with E-state index >= 15 is 0 Å². The van der Waals surface area contributed by atoms with Crippen LogP contribution in [0.3, 0.4) is 0 Å². The lowest BCUT2D eigenvalue weighted by Gasteiger charge is -2.00. The second-order valence-electron chi connectivity index (χ2n) is 3.93. The van der Waals surface area contributed by atoms with Gasteiger partial charge in [0.25, 0.3) is 0 Å². The number of ether oxygens (including phenoxy) is 1. The lowest BCUT2D eigenvalue weighted by molar-refractivity contribution is -0.142. The molecule has 6 heteroatoms. The van der Waals surface area contributed by atoms with Gasteiger partial charge in [0, 0.05) is 10.3 Å². The molecule has 0 aliphatic carbocycles. The van der Waals surface area contributed by atoms with E-state index in [0.29, 0.717) is 22.9 Å². The predicted molar refractivity (Wildman–Crippen MR) is 78.4 cm³/mol. The Kier molecular flexibility index (Phi) is 5.55. The number of esters is 1. The van der Waals surface area contributed by atoms with E-state index in [0.717, 1.165) is 5.01 Å². The molecule has 0 bridgehead atoms. The molecule has 0 atom stereocenters. The van der Waals surface area contributed by atoms with Crippen LogP contribution >= 0.6 is 23.1 Å². The highest BCUT2D eigenvalue weighted by atomic mass is 32.2. The van der Waals surface area contributed by atoms with Gasteiger partial charge in [-0.15, -0.1) is 23.1 Å². The molecule has 0 aliphatic heterocycles. The topological polar surface area (TPSA) is 39.2 Å². The monoisotopic (exact) mass is 311 g/mol. The first kappa shape index (κ1) is 15.0. The van der Waals surface area contributed by atoms with Crippen LogP contribution in [0.4, 0.5) is 4.39 Å². The quantitative estimate of drug-likeness (QED) is 0.602. The average molecular weight is 311 g/mol. The van der Waals surface area contributed by atoms with Crippen molar-refractivity contribution in [1.82, 2.24) is 4.98 Å². The van der Waals surface area contributed by atoms with Crippen molar-refractivity contribution >= 4 is 29.1 Å². The van der Waals surface area contributed by atoms with Crippen molar-refractivity contribution in [3.05, 3.63) is 46.2 Å². The lowest BCUT2D eigenvalue weighted by atomic mass is 10.3. The van der Waals surface area contributed by atoms with Gasteiger partial charge in [0.1, 0.15) is 10.8 Å². The Balaban J connectivity index is 1.90. The van der Waals surface area contributed by atoms with Crippen molar-refractivity contribution in [3.8, 4) is 0 Å². The van der Waals surface area contributed by atoms with Gasteiger partial charge in [-0.25, -0.2) is 9.37 Å². The van der Waals surface area contributed by atoms with Crippen molar-refractivity contribution < 1.29 is 13.9 Å². The minimum absolute atomic E-state index is 0.189. The van der Waals surface area contributed by atoms with Crippen molar-refractivity contribution in [2.75, 3.05) is 6.61 Å². The second kappa shape index (κ2) is 7.40. The van der Waals surface area contributed by atoms with E-state index in [1.54, 1.807) is 25.1 Å². The summed E-state index contributed by atoms with van der Waals surface area (Å²) in [6.45, 7) is 2.15. The molecule has 1 heterocycles. The summed E-state index contributed by atoms with van der Waals surface area (Å²) in [4.78, 5) is 16.3. The molecule has 0 N–H and O–H groups in total. The Hall–Kier alpha value is -1.40. The maximum Gasteiger partial charge on any atom is 0.311 e. The summed E-state index contributed by atoms with van der Waals surface area (Å²) in [5.41, 5.74) is 0.706. The standard InChI is InChI=1S/C14H14FNO2S2/c1-2-18-14(17)7-10-8-20-13(16-10)9-19-12-6-4-3-5-11(12)15/h3-6,8H,2,7,9H2,1H3. The van der Waals surface area contributed by atoms with Gasteiger partial charge in [0.05, 0.1) is 24.5 Å². The fraction of sp³-hybridized carbons (Fsp3) is 0.286. The number of halogens is 1. The average Bonchev–Trinajstić information content (AvgIpc) is 2.85. The van der Waals surface area contributed by atoms with Gasteiger partial charge in [0.15, 0.2) is 0 Å². The first-order chi connectivity index (χ1) is 9.69. The highest BCUT2D eigenvalue weighted by Crippen LogP contribution is 2.26. The van der Waals surface area contributed by atoms with Crippen LogP contribution < -0.4 is 0 Å². The lowest BCUT2D eigenvalue weighted by Crippen LogP contribution is -2.07. The third-order valence-corrected chi connectivity index (χ3v) is 4.56. The number of benzene rings is 1. The van der Waals surface area contributed by atoms with Gasteiger partial charge in [0.2, 0.25) is 0 Å². The van der Waals surface area contributed by atoms with Gasteiger partial charge in [-0.05, 0) is 19.1 Å². The molecule has 0 spiro atoms. The summed E-state index contributed by atoms with van der Waals surface area (Å²) < 4.78 is 18.3. The van der Waals surface area contributed by atoms with E-state index in [4.69, 9.17) is 4.74 Å². The fourth-order valence-corrected chi connectivity index (χ4v) is 3.31. The molecule has 0 aliphatic rings. The van der Waals surface area contributed by atoms with Crippen LogP contribution in [-0.2, 0) is 21.7 Å². The van der Waals surface area contributed by atoms with Crippen LogP contribution in [0.15, 0.2) is 34.5 Å². The van der Waals surface area contributed by atoms with E-state index in [1.165, 1.54) is 29.2 Å². The van der Waals surface area contributed by atoms with E-state index in [2.05, 4.69) is 4.98 Å². The highest BCUT2D eigenvalue weighted by molar-refractivity contribution is 7.98. The minimum Gasteiger partial charge on any atom is -0.466 e. The maximum atomic E-state index is 13.5.